The number of benzene rings is 2. The second-order valence-electron chi connectivity index (χ2n) is 5.49. The average Bonchev–Trinajstić information content (AvgIpc) is 2.57. The molecule has 3 rings (SSSR count). The van der Waals surface area contributed by atoms with Crippen LogP contribution in [0.3, 0.4) is 0 Å². The number of aryl methyl sites for hydroxylation is 1. The van der Waals surface area contributed by atoms with Gasteiger partial charge in [0.1, 0.15) is 0 Å². The standard InChI is InChI=1S/C18H14IN3O2S/c1-11-9-12(19)7-8-15(11)20-10-14-16(23)21-18(25)22(17(14)24)13-5-3-2-4-6-13/h2-10,14H,1H3,(H,21,23,25)/t14-/m1/s1. The Bertz CT molecular complexity index is 883. The van der Waals surface area contributed by atoms with Gasteiger partial charge in [0.2, 0.25) is 5.91 Å². The van der Waals surface area contributed by atoms with Gasteiger partial charge in [0.15, 0.2) is 11.0 Å². The maximum Gasteiger partial charge on any atom is 0.251 e. The summed E-state index contributed by atoms with van der Waals surface area (Å²) in [6, 6.07) is 14.8. The van der Waals surface area contributed by atoms with Crippen molar-refractivity contribution in [1.29, 1.82) is 0 Å². The van der Waals surface area contributed by atoms with E-state index in [1.54, 1.807) is 24.3 Å². The highest BCUT2D eigenvalue weighted by molar-refractivity contribution is 14.1. The Hall–Kier alpha value is -2.13. The van der Waals surface area contributed by atoms with Gasteiger partial charge in [0.25, 0.3) is 5.91 Å². The van der Waals surface area contributed by atoms with E-state index in [9.17, 15) is 9.59 Å². The summed E-state index contributed by atoms with van der Waals surface area (Å²) in [7, 11) is 0. The molecular formula is C18H14IN3O2S. The average molecular weight is 463 g/mol. The molecule has 1 N–H and O–H groups in total. The number of amides is 2. The number of rotatable bonds is 3. The molecule has 1 aliphatic rings. The molecule has 1 aliphatic heterocycles. The van der Waals surface area contributed by atoms with Gasteiger partial charge in [-0.15, -0.1) is 0 Å². The molecule has 2 aromatic carbocycles. The van der Waals surface area contributed by atoms with Crippen LogP contribution >= 0.6 is 34.8 Å². The number of halogens is 1. The molecule has 0 aliphatic carbocycles. The van der Waals surface area contributed by atoms with Gasteiger partial charge in [0, 0.05) is 9.78 Å². The molecule has 1 fully saturated rings. The molecule has 0 aromatic heterocycles. The molecule has 2 aromatic rings. The zero-order valence-corrected chi connectivity index (χ0v) is 16.2. The largest absolute Gasteiger partial charge is 0.301 e. The Morgan fingerprint density at radius 2 is 1.92 bits per heavy atom. The first-order valence-electron chi connectivity index (χ1n) is 7.51. The summed E-state index contributed by atoms with van der Waals surface area (Å²) in [4.78, 5) is 30.7. The summed E-state index contributed by atoms with van der Waals surface area (Å²) in [6.07, 6.45) is 1.38. The van der Waals surface area contributed by atoms with Crippen LogP contribution in [0.5, 0.6) is 0 Å². The first-order valence-corrected chi connectivity index (χ1v) is 9.00. The van der Waals surface area contributed by atoms with Gasteiger partial charge >= 0.3 is 0 Å². The van der Waals surface area contributed by atoms with Crippen molar-refractivity contribution in [3.63, 3.8) is 0 Å². The van der Waals surface area contributed by atoms with E-state index < -0.39 is 17.7 Å². The summed E-state index contributed by atoms with van der Waals surface area (Å²) >= 11 is 7.38. The van der Waals surface area contributed by atoms with E-state index in [-0.39, 0.29) is 5.11 Å². The minimum atomic E-state index is -1.02. The van der Waals surface area contributed by atoms with Crippen LogP contribution in [-0.4, -0.2) is 23.1 Å². The Labute approximate surface area is 164 Å². The Morgan fingerprint density at radius 1 is 1.20 bits per heavy atom. The second kappa shape index (κ2) is 7.40. The summed E-state index contributed by atoms with van der Waals surface area (Å²) in [5.41, 5.74) is 2.31. The molecule has 0 unspecified atom stereocenters. The van der Waals surface area contributed by atoms with Crippen molar-refractivity contribution in [2.24, 2.45) is 10.9 Å². The van der Waals surface area contributed by atoms with Crippen LogP contribution in [0.4, 0.5) is 11.4 Å². The number of hydrogen-bond acceptors (Lipinski definition) is 4. The molecule has 1 heterocycles. The lowest BCUT2D eigenvalue weighted by Crippen LogP contribution is -2.58. The van der Waals surface area contributed by atoms with Crippen molar-refractivity contribution in [2.45, 2.75) is 6.92 Å². The molecule has 0 saturated carbocycles. The number of para-hydroxylation sites is 1. The highest BCUT2D eigenvalue weighted by Crippen LogP contribution is 2.23. The smallest absolute Gasteiger partial charge is 0.251 e. The molecule has 25 heavy (non-hydrogen) atoms. The molecule has 2 amide bonds. The maximum atomic E-state index is 12.8. The van der Waals surface area contributed by atoms with Crippen molar-refractivity contribution in [2.75, 3.05) is 4.90 Å². The number of carbonyl (C=O) groups is 2. The minimum absolute atomic E-state index is 0.0799. The maximum absolute atomic E-state index is 12.8. The van der Waals surface area contributed by atoms with Crippen LogP contribution in [0.2, 0.25) is 0 Å². The van der Waals surface area contributed by atoms with E-state index in [4.69, 9.17) is 12.2 Å². The van der Waals surface area contributed by atoms with Crippen molar-refractivity contribution in [3.8, 4) is 0 Å². The third kappa shape index (κ3) is 3.77. The fraction of sp³-hybridized carbons (Fsp3) is 0.111. The quantitative estimate of drug-likeness (QED) is 0.329. The Kier molecular flexibility index (Phi) is 5.24. The predicted molar refractivity (Wildman–Crippen MR) is 110 cm³/mol. The molecule has 0 bridgehead atoms. The van der Waals surface area contributed by atoms with Crippen molar-refractivity contribution in [1.82, 2.24) is 5.32 Å². The first-order chi connectivity index (χ1) is 12.0. The highest BCUT2D eigenvalue weighted by atomic mass is 127. The number of nitrogens with zero attached hydrogens (tertiary/aromatic N) is 2. The summed E-state index contributed by atoms with van der Waals surface area (Å²) in [5.74, 6) is -1.90. The van der Waals surface area contributed by atoms with Crippen LogP contribution in [0, 0.1) is 16.4 Å². The molecule has 0 radical (unpaired) electrons. The van der Waals surface area contributed by atoms with E-state index in [2.05, 4.69) is 32.9 Å². The van der Waals surface area contributed by atoms with Crippen molar-refractivity contribution >= 4 is 69.3 Å². The molecule has 5 nitrogen and oxygen atoms in total. The van der Waals surface area contributed by atoms with Gasteiger partial charge in [-0.1, -0.05) is 18.2 Å². The van der Waals surface area contributed by atoms with E-state index in [1.807, 2.05) is 31.2 Å². The summed E-state index contributed by atoms with van der Waals surface area (Å²) in [5, 5.41) is 2.65. The summed E-state index contributed by atoms with van der Waals surface area (Å²) in [6.45, 7) is 1.93. The van der Waals surface area contributed by atoms with Crippen LogP contribution in [0.1, 0.15) is 5.56 Å². The van der Waals surface area contributed by atoms with Crippen LogP contribution in [-0.2, 0) is 9.59 Å². The van der Waals surface area contributed by atoms with Gasteiger partial charge in [0.05, 0.1) is 11.4 Å². The van der Waals surface area contributed by atoms with Crippen molar-refractivity contribution in [3.05, 3.63) is 57.7 Å². The van der Waals surface area contributed by atoms with Crippen LogP contribution in [0.25, 0.3) is 0 Å². The number of carbonyl (C=O) groups excluding carboxylic acids is 2. The van der Waals surface area contributed by atoms with Gasteiger partial charge in [-0.25, -0.2) is 0 Å². The Balaban J connectivity index is 1.90. The van der Waals surface area contributed by atoms with Gasteiger partial charge in [-0.3, -0.25) is 19.5 Å². The molecule has 1 saturated heterocycles. The lowest BCUT2D eigenvalue weighted by Gasteiger charge is -2.30. The van der Waals surface area contributed by atoms with Crippen LogP contribution < -0.4 is 10.2 Å². The Morgan fingerprint density at radius 3 is 2.60 bits per heavy atom. The third-order valence-electron chi connectivity index (χ3n) is 3.74. The normalized spacial score (nSPS) is 17.9. The molecular weight excluding hydrogens is 449 g/mol. The molecule has 7 heteroatoms. The van der Waals surface area contributed by atoms with E-state index in [1.165, 1.54) is 11.1 Å². The lowest BCUT2D eigenvalue weighted by molar-refractivity contribution is -0.130. The first kappa shape index (κ1) is 17.7. The fourth-order valence-corrected chi connectivity index (χ4v) is 3.40. The SMILES string of the molecule is Cc1cc(I)ccc1N=C[C@@H]1C(=O)NC(=S)N(c2ccccc2)C1=O. The number of nitrogens with one attached hydrogen (secondary N) is 1. The van der Waals surface area contributed by atoms with E-state index >= 15 is 0 Å². The minimum Gasteiger partial charge on any atom is -0.301 e. The monoisotopic (exact) mass is 463 g/mol. The van der Waals surface area contributed by atoms with Crippen molar-refractivity contribution < 1.29 is 9.59 Å². The van der Waals surface area contributed by atoms with Gasteiger partial charge in [-0.05, 0) is 77.6 Å². The molecule has 0 spiro atoms. The second-order valence-corrected chi connectivity index (χ2v) is 7.12. The fourth-order valence-electron chi connectivity index (χ4n) is 2.46. The zero-order valence-electron chi connectivity index (χ0n) is 13.3. The van der Waals surface area contributed by atoms with Gasteiger partial charge in [-0.2, -0.15) is 0 Å². The van der Waals surface area contributed by atoms with E-state index in [0.29, 0.717) is 5.69 Å². The van der Waals surface area contributed by atoms with Crippen LogP contribution in [0.15, 0.2) is 53.5 Å². The highest BCUT2D eigenvalue weighted by Gasteiger charge is 2.38. The summed E-state index contributed by atoms with van der Waals surface area (Å²) < 4.78 is 1.10. The zero-order chi connectivity index (χ0) is 18.0. The number of aliphatic imine (C=N–C) groups is 1. The number of anilines is 1. The van der Waals surface area contributed by atoms with E-state index in [0.717, 1.165) is 14.8 Å². The number of thiocarbonyl (C=S) groups is 1. The molecule has 1 atom stereocenters. The topological polar surface area (TPSA) is 61.8 Å². The predicted octanol–water partition coefficient (Wildman–Crippen LogP) is 3.37. The lowest BCUT2D eigenvalue weighted by atomic mass is 10.1. The van der Waals surface area contributed by atoms with Gasteiger partial charge < -0.3 is 5.32 Å². The molecule has 126 valence electrons. The number of hydrogen-bond donors (Lipinski definition) is 1. The third-order valence-corrected chi connectivity index (χ3v) is 4.69.